The van der Waals surface area contributed by atoms with E-state index in [1.807, 2.05) is 0 Å². The fourth-order valence-corrected chi connectivity index (χ4v) is 2.98. The summed E-state index contributed by atoms with van der Waals surface area (Å²) in [5.41, 5.74) is 2.55. The molecule has 1 fully saturated rings. The summed E-state index contributed by atoms with van der Waals surface area (Å²) in [4.78, 5) is 14.7. The van der Waals surface area contributed by atoms with Gasteiger partial charge in [0.25, 0.3) is 0 Å². The van der Waals surface area contributed by atoms with E-state index in [4.69, 9.17) is 0 Å². The molecule has 130 valence electrons. The van der Waals surface area contributed by atoms with Crippen LogP contribution in [-0.2, 0) is 17.9 Å². The number of carbonyl (C=O) groups is 1. The first-order valence-electron chi connectivity index (χ1n) is 8.52. The molecule has 4 nitrogen and oxygen atoms in total. The predicted molar refractivity (Wildman–Crippen MR) is 97.8 cm³/mol. The second kappa shape index (κ2) is 10.6. The molecule has 0 atom stereocenters. The standard InChI is InChI=1S/C18H29N3O.ClH/c1-3-21(4-2)14-17-8-6-5-7-16(17)13-20-18(22)15-9-11-19-12-10-15;/h5-8,15,19H,3-4,9-14H2,1-2H3,(H,20,22);1H. The van der Waals surface area contributed by atoms with Gasteiger partial charge >= 0.3 is 0 Å². The number of amides is 1. The minimum atomic E-state index is 0. The number of nitrogens with one attached hydrogen (secondary N) is 2. The molecule has 0 bridgehead atoms. The van der Waals surface area contributed by atoms with Gasteiger partial charge in [0.2, 0.25) is 5.91 Å². The predicted octanol–water partition coefficient (Wildman–Crippen LogP) is 2.57. The Hall–Kier alpha value is -1.10. The number of rotatable bonds is 7. The third-order valence-corrected chi connectivity index (χ3v) is 4.57. The first-order valence-corrected chi connectivity index (χ1v) is 8.52. The van der Waals surface area contributed by atoms with E-state index in [1.54, 1.807) is 0 Å². The highest BCUT2D eigenvalue weighted by Gasteiger charge is 2.20. The summed E-state index contributed by atoms with van der Waals surface area (Å²) in [5.74, 6) is 0.385. The molecule has 1 saturated heterocycles. The Morgan fingerprint density at radius 2 is 1.78 bits per heavy atom. The molecule has 23 heavy (non-hydrogen) atoms. The molecule has 1 aromatic carbocycles. The molecular weight excluding hydrogens is 310 g/mol. The Balaban J connectivity index is 0.00000264. The summed E-state index contributed by atoms with van der Waals surface area (Å²) in [6.45, 7) is 9.97. The Labute approximate surface area is 146 Å². The fraction of sp³-hybridized carbons (Fsp3) is 0.611. The van der Waals surface area contributed by atoms with Crippen LogP contribution in [0.5, 0.6) is 0 Å². The van der Waals surface area contributed by atoms with E-state index in [2.05, 4.69) is 53.6 Å². The van der Waals surface area contributed by atoms with Crippen molar-refractivity contribution in [3.63, 3.8) is 0 Å². The van der Waals surface area contributed by atoms with Gasteiger partial charge < -0.3 is 10.6 Å². The third kappa shape index (κ3) is 6.13. The molecule has 2 rings (SSSR count). The van der Waals surface area contributed by atoms with Crippen molar-refractivity contribution >= 4 is 18.3 Å². The molecule has 0 spiro atoms. The second-order valence-electron chi connectivity index (χ2n) is 5.97. The van der Waals surface area contributed by atoms with Crippen LogP contribution in [0.2, 0.25) is 0 Å². The monoisotopic (exact) mass is 339 g/mol. The number of halogens is 1. The maximum Gasteiger partial charge on any atom is 0.223 e. The minimum Gasteiger partial charge on any atom is -0.352 e. The lowest BCUT2D eigenvalue weighted by Crippen LogP contribution is -2.38. The fourth-order valence-electron chi connectivity index (χ4n) is 2.98. The first-order chi connectivity index (χ1) is 10.7. The van der Waals surface area contributed by atoms with E-state index in [9.17, 15) is 4.79 Å². The summed E-state index contributed by atoms with van der Waals surface area (Å²) < 4.78 is 0. The Morgan fingerprint density at radius 3 is 2.39 bits per heavy atom. The average Bonchev–Trinajstić information content (AvgIpc) is 2.59. The van der Waals surface area contributed by atoms with Crippen molar-refractivity contribution in [3.8, 4) is 0 Å². The molecule has 0 saturated carbocycles. The van der Waals surface area contributed by atoms with Gasteiger partial charge in [-0.25, -0.2) is 0 Å². The maximum absolute atomic E-state index is 12.3. The van der Waals surface area contributed by atoms with E-state index in [0.29, 0.717) is 6.54 Å². The normalized spacial score (nSPS) is 15.3. The van der Waals surface area contributed by atoms with Gasteiger partial charge in [0.05, 0.1) is 0 Å². The maximum atomic E-state index is 12.3. The van der Waals surface area contributed by atoms with Gasteiger partial charge in [0.15, 0.2) is 0 Å². The number of benzene rings is 1. The molecule has 1 heterocycles. The minimum absolute atomic E-state index is 0. The smallest absolute Gasteiger partial charge is 0.223 e. The zero-order valence-corrected chi connectivity index (χ0v) is 15.1. The molecule has 5 heteroatoms. The number of nitrogens with zero attached hydrogens (tertiary/aromatic N) is 1. The van der Waals surface area contributed by atoms with Crippen LogP contribution < -0.4 is 10.6 Å². The van der Waals surface area contributed by atoms with Crippen LogP contribution in [0.25, 0.3) is 0 Å². The molecule has 1 aliphatic heterocycles. The molecule has 1 amide bonds. The topological polar surface area (TPSA) is 44.4 Å². The van der Waals surface area contributed by atoms with Gasteiger partial charge in [-0.2, -0.15) is 0 Å². The molecule has 1 aromatic rings. The lowest BCUT2D eigenvalue weighted by atomic mass is 9.97. The lowest BCUT2D eigenvalue weighted by Gasteiger charge is -2.23. The number of hydrogen-bond donors (Lipinski definition) is 2. The molecular formula is C18H30ClN3O. The van der Waals surface area contributed by atoms with E-state index in [-0.39, 0.29) is 24.2 Å². The van der Waals surface area contributed by atoms with Crippen molar-refractivity contribution in [2.24, 2.45) is 5.92 Å². The van der Waals surface area contributed by atoms with Crippen LogP contribution in [0.3, 0.4) is 0 Å². The Bertz CT molecular complexity index is 471. The van der Waals surface area contributed by atoms with E-state index < -0.39 is 0 Å². The number of piperidine rings is 1. The summed E-state index contributed by atoms with van der Waals surface area (Å²) in [6, 6.07) is 8.43. The van der Waals surface area contributed by atoms with Crippen LogP contribution in [0, 0.1) is 5.92 Å². The molecule has 0 radical (unpaired) electrons. The van der Waals surface area contributed by atoms with E-state index in [0.717, 1.165) is 45.6 Å². The highest BCUT2D eigenvalue weighted by molar-refractivity contribution is 5.85. The summed E-state index contributed by atoms with van der Waals surface area (Å²) in [5, 5.41) is 6.43. The second-order valence-corrected chi connectivity index (χ2v) is 5.97. The Morgan fingerprint density at radius 1 is 1.17 bits per heavy atom. The molecule has 0 unspecified atom stereocenters. The van der Waals surface area contributed by atoms with Crippen LogP contribution >= 0.6 is 12.4 Å². The lowest BCUT2D eigenvalue weighted by molar-refractivity contribution is -0.125. The van der Waals surface area contributed by atoms with E-state index in [1.165, 1.54) is 11.1 Å². The van der Waals surface area contributed by atoms with Gasteiger partial charge in [-0.05, 0) is 50.1 Å². The van der Waals surface area contributed by atoms with E-state index >= 15 is 0 Å². The highest BCUT2D eigenvalue weighted by Crippen LogP contribution is 2.14. The van der Waals surface area contributed by atoms with Crippen LogP contribution in [0.4, 0.5) is 0 Å². The summed E-state index contributed by atoms with van der Waals surface area (Å²) >= 11 is 0. The Kier molecular flexibility index (Phi) is 9.22. The van der Waals surface area contributed by atoms with Crippen molar-refractivity contribution < 1.29 is 4.79 Å². The highest BCUT2D eigenvalue weighted by atomic mass is 35.5. The molecule has 2 N–H and O–H groups in total. The average molecular weight is 340 g/mol. The van der Waals surface area contributed by atoms with Gasteiger partial charge in [-0.15, -0.1) is 12.4 Å². The van der Waals surface area contributed by atoms with Gasteiger partial charge in [-0.1, -0.05) is 38.1 Å². The summed E-state index contributed by atoms with van der Waals surface area (Å²) in [6.07, 6.45) is 1.90. The van der Waals surface area contributed by atoms with Crippen LogP contribution in [0.1, 0.15) is 37.8 Å². The third-order valence-electron chi connectivity index (χ3n) is 4.57. The first kappa shape index (κ1) is 19.9. The van der Waals surface area contributed by atoms with Crippen molar-refractivity contribution in [1.82, 2.24) is 15.5 Å². The van der Waals surface area contributed by atoms with Crippen LogP contribution in [0.15, 0.2) is 24.3 Å². The van der Waals surface area contributed by atoms with Gasteiger partial charge in [0, 0.05) is 19.0 Å². The number of hydrogen-bond acceptors (Lipinski definition) is 3. The van der Waals surface area contributed by atoms with Crippen LogP contribution in [-0.4, -0.2) is 37.0 Å². The molecule has 1 aliphatic rings. The molecule has 0 aliphatic carbocycles. The van der Waals surface area contributed by atoms with Crippen molar-refractivity contribution in [3.05, 3.63) is 35.4 Å². The quantitative estimate of drug-likeness (QED) is 0.802. The SMILES string of the molecule is CCN(CC)Cc1ccccc1CNC(=O)C1CCNCC1.Cl. The van der Waals surface area contributed by atoms with Gasteiger partial charge in [-0.3, -0.25) is 9.69 Å². The molecule has 0 aromatic heterocycles. The number of carbonyl (C=O) groups excluding carboxylic acids is 1. The van der Waals surface area contributed by atoms with Crippen molar-refractivity contribution in [1.29, 1.82) is 0 Å². The zero-order chi connectivity index (χ0) is 15.8. The summed E-state index contributed by atoms with van der Waals surface area (Å²) in [7, 11) is 0. The van der Waals surface area contributed by atoms with Gasteiger partial charge in [0.1, 0.15) is 0 Å². The zero-order valence-electron chi connectivity index (χ0n) is 14.3. The largest absolute Gasteiger partial charge is 0.352 e. The van der Waals surface area contributed by atoms with Crippen molar-refractivity contribution in [2.75, 3.05) is 26.2 Å². The van der Waals surface area contributed by atoms with Crippen molar-refractivity contribution in [2.45, 2.75) is 39.8 Å².